The van der Waals surface area contributed by atoms with Crippen molar-refractivity contribution in [3.05, 3.63) is 51.7 Å². The Kier molecular flexibility index (Phi) is 4.37. The average molecular weight is 290 g/mol. The highest BCUT2D eigenvalue weighted by molar-refractivity contribution is 7.07. The first-order valence-electron chi connectivity index (χ1n) is 5.97. The van der Waals surface area contributed by atoms with Crippen molar-refractivity contribution in [2.24, 2.45) is 0 Å². The van der Waals surface area contributed by atoms with Crippen LogP contribution >= 0.6 is 11.3 Å². The largest absolute Gasteiger partial charge is 0.478 e. The summed E-state index contributed by atoms with van der Waals surface area (Å²) < 4.78 is 0. The van der Waals surface area contributed by atoms with Crippen LogP contribution in [0.15, 0.2) is 35.0 Å². The number of amides is 2. The molecule has 20 heavy (non-hydrogen) atoms. The van der Waals surface area contributed by atoms with E-state index in [0.717, 1.165) is 5.56 Å². The summed E-state index contributed by atoms with van der Waals surface area (Å²) in [6.07, 6.45) is 0. The van der Waals surface area contributed by atoms with Gasteiger partial charge in [-0.25, -0.2) is 9.59 Å². The molecular weight excluding hydrogens is 276 g/mol. The fourth-order valence-corrected chi connectivity index (χ4v) is 2.41. The lowest BCUT2D eigenvalue weighted by atomic mass is 10.1. The van der Waals surface area contributed by atoms with Crippen LogP contribution in [0, 0.1) is 6.92 Å². The van der Waals surface area contributed by atoms with Gasteiger partial charge < -0.3 is 15.7 Å². The van der Waals surface area contributed by atoms with E-state index in [1.807, 2.05) is 16.8 Å². The third kappa shape index (κ3) is 3.36. The van der Waals surface area contributed by atoms with E-state index < -0.39 is 5.97 Å². The first-order chi connectivity index (χ1) is 9.58. The standard InChI is InChI=1S/C14H14N2O3S/c1-9-11(13(17)18)3-2-4-12(9)16-14(19)15-7-10-5-6-20-8-10/h2-6,8H,7H2,1H3,(H,17,18)(H2,15,16,19). The predicted octanol–water partition coefficient (Wildman–Crippen LogP) is 3.08. The van der Waals surface area contributed by atoms with Gasteiger partial charge in [-0.15, -0.1) is 0 Å². The van der Waals surface area contributed by atoms with Crippen molar-refractivity contribution < 1.29 is 14.7 Å². The number of carboxylic acids is 1. The van der Waals surface area contributed by atoms with Crippen LogP contribution in [-0.2, 0) is 6.54 Å². The summed E-state index contributed by atoms with van der Waals surface area (Å²) in [5.41, 5.74) is 2.24. The quantitative estimate of drug-likeness (QED) is 0.809. The zero-order chi connectivity index (χ0) is 14.5. The van der Waals surface area contributed by atoms with Gasteiger partial charge in [0.2, 0.25) is 0 Å². The molecule has 0 saturated heterocycles. The van der Waals surface area contributed by atoms with E-state index in [1.54, 1.807) is 30.4 Å². The molecule has 0 aliphatic carbocycles. The number of carbonyl (C=O) groups is 2. The van der Waals surface area contributed by atoms with Gasteiger partial charge in [-0.1, -0.05) is 6.07 Å². The van der Waals surface area contributed by atoms with Crippen LogP contribution < -0.4 is 10.6 Å². The number of hydrogen-bond acceptors (Lipinski definition) is 3. The van der Waals surface area contributed by atoms with E-state index in [4.69, 9.17) is 5.11 Å². The molecule has 104 valence electrons. The predicted molar refractivity (Wildman–Crippen MR) is 78.3 cm³/mol. The third-order valence-corrected chi connectivity index (χ3v) is 3.58. The van der Waals surface area contributed by atoms with E-state index in [-0.39, 0.29) is 11.6 Å². The molecule has 2 amide bonds. The molecule has 0 aliphatic heterocycles. The summed E-state index contributed by atoms with van der Waals surface area (Å²) in [7, 11) is 0. The summed E-state index contributed by atoms with van der Waals surface area (Å²) in [5.74, 6) is -1.01. The number of nitrogens with one attached hydrogen (secondary N) is 2. The first kappa shape index (κ1) is 14.1. The second kappa shape index (κ2) is 6.21. The van der Waals surface area contributed by atoms with Gasteiger partial charge in [0.1, 0.15) is 0 Å². The van der Waals surface area contributed by atoms with Crippen molar-refractivity contribution >= 4 is 29.0 Å². The van der Waals surface area contributed by atoms with Crippen LogP contribution in [0.4, 0.5) is 10.5 Å². The van der Waals surface area contributed by atoms with Gasteiger partial charge >= 0.3 is 12.0 Å². The van der Waals surface area contributed by atoms with Crippen molar-refractivity contribution in [1.82, 2.24) is 5.32 Å². The molecular formula is C14H14N2O3S. The van der Waals surface area contributed by atoms with E-state index in [2.05, 4.69) is 10.6 Å². The number of rotatable bonds is 4. The van der Waals surface area contributed by atoms with E-state index >= 15 is 0 Å². The minimum absolute atomic E-state index is 0.181. The maximum absolute atomic E-state index is 11.8. The normalized spacial score (nSPS) is 10.1. The van der Waals surface area contributed by atoms with Crippen molar-refractivity contribution in [2.75, 3.05) is 5.32 Å². The topological polar surface area (TPSA) is 78.4 Å². The lowest BCUT2D eigenvalue weighted by molar-refractivity contribution is 0.0696. The lowest BCUT2D eigenvalue weighted by Gasteiger charge is -2.11. The number of urea groups is 1. The van der Waals surface area contributed by atoms with Gasteiger partial charge in [-0.2, -0.15) is 11.3 Å². The van der Waals surface area contributed by atoms with Gasteiger partial charge in [0.05, 0.1) is 5.56 Å². The molecule has 1 aromatic heterocycles. The van der Waals surface area contributed by atoms with Gasteiger partial charge in [0.25, 0.3) is 0 Å². The van der Waals surface area contributed by atoms with Crippen LogP contribution in [-0.4, -0.2) is 17.1 Å². The smallest absolute Gasteiger partial charge is 0.336 e. The molecule has 0 atom stereocenters. The van der Waals surface area contributed by atoms with Crippen LogP contribution in [0.5, 0.6) is 0 Å². The fourth-order valence-electron chi connectivity index (χ4n) is 1.74. The Labute approximate surface area is 120 Å². The number of anilines is 1. The Morgan fingerprint density at radius 2 is 2.10 bits per heavy atom. The summed E-state index contributed by atoms with van der Waals surface area (Å²) in [6.45, 7) is 2.10. The van der Waals surface area contributed by atoms with Crippen LogP contribution in [0.25, 0.3) is 0 Å². The molecule has 0 bridgehead atoms. The molecule has 1 heterocycles. The Morgan fingerprint density at radius 1 is 1.30 bits per heavy atom. The Morgan fingerprint density at radius 3 is 2.75 bits per heavy atom. The Bertz CT molecular complexity index is 623. The summed E-state index contributed by atoms with van der Waals surface area (Å²) in [4.78, 5) is 22.8. The second-order valence-electron chi connectivity index (χ2n) is 4.22. The maximum Gasteiger partial charge on any atom is 0.336 e. The van der Waals surface area contributed by atoms with Gasteiger partial charge in [0.15, 0.2) is 0 Å². The molecule has 1 aromatic carbocycles. The van der Waals surface area contributed by atoms with Gasteiger partial charge in [-0.3, -0.25) is 0 Å². The monoisotopic (exact) mass is 290 g/mol. The average Bonchev–Trinajstić information content (AvgIpc) is 2.91. The molecule has 0 spiro atoms. The van der Waals surface area contributed by atoms with Crippen LogP contribution in [0.2, 0.25) is 0 Å². The number of carboxylic acid groups (broad SMARTS) is 1. The van der Waals surface area contributed by atoms with Gasteiger partial charge in [0, 0.05) is 12.2 Å². The highest BCUT2D eigenvalue weighted by atomic mass is 32.1. The summed E-state index contributed by atoms with van der Waals surface area (Å²) >= 11 is 1.57. The number of benzene rings is 1. The molecule has 2 aromatic rings. The van der Waals surface area contributed by atoms with Gasteiger partial charge in [-0.05, 0) is 47.0 Å². The number of thiophene rings is 1. The van der Waals surface area contributed by atoms with Crippen molar-refractivity contribution in [3.8, 4) is 0 Å². The van der Waals surface area contributed by atoms with E-state index in [1.165, 1.54) is 6.07 Å². The van der Waals surface area contributed by atoms with Crippen LogP contribution in [0.1, 0.15) is 21.5 Å². The SMILES string of the molecule is Cc1c(NC(=O)NCc2ccsc2)cccc1C(=O)O. The zero-order valence-electron chi connectivity index (χ0n) is 10.8. The highest BCUT2D eigenvalue weighted by Gasteiger charge is 2.11. The number of carbonyl (C=O) groups excluding carboxylic acids is 1. The minimum Gasteiger partial charge on any atom is -0.478 e. The molecule has 0 radical (unpaired) electrons. The molecule has 0 unspecified atom stereocenters. The zero-order valence-corrected chi connectivity index (χ0v) is 11.7. The lowest BCUT2D eigenvalue weighted by Crippen LogP contribution is -2.28. The molecule has 0 aliphatic rings. The van der Waals surface area contributed by atoms with Crippen molar-refractivity contribution in [2.45, 2.75) is 13.5 Å². The summed E-state index contributed by atoms with van der Waals surface area (Å²) in [5, 5.41) is 18.3. The minimum atomic E-state index is -1.01. The Hall–Kier alpha value is -2.34. The highest BCUT2D eigenvalue weighted by Crippen LogP contribution is 2.18. The first-order valence-corrected chi connectivity index (χ1v) is 6.91. The third-order valence-electron chi connectivity index (χ3n) is 2.85. The van der Waals surface area contributed by atoms with E-state index in [9.17, 15) is 9.59 Å². The molecule has 5 nitrogen and oxygen atoms in total. The van der Waals surface area contributed by atoms with Crippen molar-refractivity contribution in [3.63, 3.8) is 0 Å². The second-order valence-corrected chi connectivity index (χ2v) is 5.00. The van der Waals surface area contributed by atoms with Crippen molar-refractivity contribution in [1.29, 1.82) is 0 Å². The number of hydrogen-bond donors (Lipinski definition) is 3. The molecule has 2 rings (SSSR count). The van der Waals surface area contributed by atoms with E-state index in [0.29, 0.717) is 17.8 Å². The molecule has 0 saturated carbocycles. The number of aromatic carboxylic acids is 1. The van der Waals surface area contributed by atoms with Crippen LogP contribution in [0.3, 0.4) is 0 Å². The molecule has 6 heteroatoms. The maximum atomic E-state index is 11.8. The molecule has 0 fully saturated rings. The summed E-state index contributed by atoms with van der Waals surface area (Å²) in [6, 6.07) is 6.35. The fraction of sp³-hybridized carbons (Fsp3) is 0.143. The Balaban J connectivity index is 2.01. The molecule has 3 N–H and O–H groups in total.